The summed E-state index contributed by atoms with van der Waals surface area (Å²) in [5.41, 5.74) is -6.42. The van der Waals surface area contributed by atoms with Gasteiger partial charge in [0.15, 0.2) is 12.2 Å². The summed E-state index contributed by atoms with van der Waals surface area (Å²) >= 11 is 0. The van der Waals surface area contributed by atoms with Crippen LogP contribution < -0.4 is 0 Å². The van der Waals surface area contributed by atoms with Crippen LogP contribution in [0.4, 0.5) is 0 Å². The fourth-order valence-corrected chi connectivity index (χ4v) is 8.48. The van der Waals surface area contributed by atoms with Crippen LogP contribution in [0.25, 0.3) is 0 Å². The highest BCUT2D eigenvalue weighted by Crippen LogP contribution is 2.67. The van der Waals surface area contributed by atoms with Crippen LogP contribution in [0, 0.1) is 21.7 Å². The Morgan fingerprint density at radius 2 is 1.05 bits per heavy atom. The molecule has 5 saturated heterocycles. The van der Waals surface area contributed by atoms with Gasteiger partial charge in [-0.25, -0.2) is 9.59 Å². The quantitative estimate of drug-likeness (QED) is 0.387. The minimum atomic E-state index is -1.56. The molecule has 0 spiro atoms. The molecule has 8 fully saturated rings. The fourth-order valence-electron chi connectivity index (χ4n) is 8.48. The van der Waals surface area contributed by atoms with Gasteiger partial charge in [-0.1, -0.05) is 27.7 Å². The van der Waals surface area contributed by atoms with Gasteiger partial charge in [-0.3, -0.25) is 9.59 Å². The van der Waals surface area contributed by atoms with E-state index in [1.807, 2.05) is 27.7 Å². The van der Waals surface area contributed by atoms with Crippen molar-refractivity contribution in [2.45, 2.75) is 128 Å². The van der Waals surface area contributed by atoms with Crippen molar-refractivity contribution >= 4 is 23.9 Å². The summed E-state index contributed by atoms with van der Waals surface area (Å²) in [7, 11) is 0. The van der Waals surface area contributed by atoms with Crippen molar-refractivity contribution in [1.29, 1.82) is 0 Å². The van der Waals surface area contributed by atoms with Gasteiger partial charge in [0, 0.05) is 17.8 Å². The first-order valence-corrected chi connectivity index (χ1v) is 14.0. The molecule has 8 rings (SSSR count). The van der Waals surface area contributed by atoms with Crippen LogP contribution in [0.2, 0.25) is 0 Å². The maximum Gasteiger partial charge on any atom is 0.351 e. The fraction of sp³-hybridized carbons (Fsp3) is 0.857. The third-order valence-corrected chi connectivity index (χ3v) is 12.3. The monoisotopic (exact) mass is 564 g/mol. The summed E-state index contributed by atoms with van der Waals surface area (Å²) in [5, 5.41) is 11.2. The first-order chi connectivity index (χ1) is 18.4. The molecule has 1 N–H and O–H groups in total. The number of esters is 4. The Bertz CT molecular complexity index is 1170. The molecule has 3 aliphatic carbocycles. The minimum absolute atomic E-state index is 0.289. The van der Waals surface area contributed by atoms with Crippen molar-refractivity contribution < 1.29 is 57.4 Å². The highest BCUT2D eigenvalue weighted by atomic mass is 16.9. The van der Waals surface area contributed by atoms with E-state index >= 15 is 0 Å². The Labute approximate surface area is 231 Å². The molecule has 0 radical (unpaired) electrons. The van der Waals surface area contributed by atoms with Gasteiger partial charge in [-0.05, 0) is 39.5 Å². The lowest BCUT2D eigenvalue weighted by atomic mass is 9.66. The van der Waals surface area contributed by atoms with E-state index < -0.39 is 99.3 Å². The molecular formula is C28H36O12. The Balaban J connectivity index is 1.19. The zero-order chi connectivity index (χ0) is 29.1. The second-order valence-corrected chi connectivity index (χ2v) is 14.2. The number of carbonyl (C=O) groups excluding carboxylic acids is 4. The summed E-state index contributed by atoms with van der Waals surface area (Å²) in [5.74, 6) is -4.00. The molecular weight excluding hydrogens is 528 g/mol. The molecule has 8 aliphatic rings. The lowest BCUT2D eigenvalue weighted by Gasteiger charge is -2.60. The Hall–Kier alpha value is -2.28. The standard InChI is InChI=1S/C28H36O12/c1-22(2)24(5)8-10-27(22,39-18(24)30)20(32)34-15-13-12(29)14-16(17(15)38-26(7,36-13)37-14)35-21(33)28-11-9-25(6,19(31)40-28)23(28,3)4/h12-17,29H,8-11H2,1-7H3/t12?,13-,14+,15-,16+,17?,24-,25-,26?,27+,28+/m0/s1. The number of aliphatic hydroxyl groups excluding tert-OH is 1. The van der Waals surface area contributed by atoms with Gasteiger partial charge < -0.3 is 38.3 Å². The van der Waals surface area contributed by atoms with Crippen molar-refractivity contribution in [3.05, 3.63) is 0 Å². The van der Waals surface area contributed by atoms with Gasteiger partial charge in [-0.15, -0.1) is 0 Å². The Kier molecular flexibility index (Phi) is 4.78. The summed E-state index contributed by atoms with van der Waals surface area (Å²) < 4.78 is 41.1. The maximum atomic E-state index is 13.8. The molecule has 5 aliphatic heterocycles. The number of aliphatic hydroxyl groups is 1. The van der Waals surface area contributed by atoms with Crippen molar-refractivity contribution in [2.24, 2.45) is 21.7 Å². The van der Waals surface area contributed by atoms with E-state index in [-0.39, 0.29) is 12.8 Å². The third kappa shape index (κ3) is 2.60. The molecule has 0 aromatic rings. The number of ether oxygens (including phenoxy) is 7. The van der Waals surface area contributed by atoms with E-state index in [4.69, 9.17) is 33.2 Å². The van der Waals surface area contributed by atoms with E-state index in [0.717, 1.165) is 0 Å². The van der Waals surface area contributed by atoms with E-state index in [1.54, 1.807) is 13.8 Å². The van der Waals surface area contributed by atoms with Crippen molar-refractivity contribution in [3.8, 4) is 0 Å². The van der Waals surface area contributed by atoms with Crippen molar-refractivity contribution in [3.63, 3.8) is 0 Å². The van der Waals surface area contributed by atoms with Crippen molar-refractivity contribution in [1.82, 2.24) is 0 Å². The first-order valence-electron chi connectivity index (χ1n) is 14.0. The molecule has 12 heteroatoms. The van der Waals surface area contributed by atoms with Gasteiger partial charge in [-0.2, -0.15) is 0 Å². The molecule has 12 nitrogen and oxygen atoms in total. The highest BCUT2D eigenvalue weighted by Gasteiger charge is 2.79. The van der Waals surface area contributed by atoms with Gasteiger partial charge in [0.2, 0.25) is 11.2 Å². The minimum Gasteiger partial charge on any atom is -0.454 e. The van der Waals surface area contributed by atoms with Gasteiger partial charge in [0.05, 0.1) is 10.8 Å². The maximum absolute atomic E-state index is 13.8. The predicted octanol–water partition coefficient (Wildman–Crippen LogP) is 1.28. The first kappa shape index (κ1) is 26.6. The zero-order valence-electron chi connectivity index (χ0n) is 23.7. The normalized spacial score (nSPS) is 53.9. The average Bonchev–Trinajstić information content (AvgIpc) is 3.33. The Morgan fingerprint density at radius 3 is 1.38 bits per heavy atom. The smallest absolute Gasteiger partial charge is 0.351 e. The van der Waals surface area contributed by atoms with Crippen LogP contribution in [-0.2, 0) is 52.3 Å². The predicted molar refractivity (Wildman–Crippen MR) is 129 cm³/mol. The van der Waals surface area contributed by atoms with Crippen LogP contribution in [0.15, 0.2) is 0 Å². The molecule has 3 saturated carbocycles. The Morgan fingerprint density at radius 1 is 0.675 bits per heavy atom. The summed E-state index contributed by atoms with van der Waals surface area (Å²) in [6.07, 6.45) is -5.37. The molecule has 0 aromatic heterocycles. The average molecular weight is 565 g/mol. The van der Waals surface area contributed by atoms with Crippen LogP contribution in [0.1, 0.15) is 74.1 Å². The van der Waals surface area contributed by atoms with E-state index in [9.17, 15) is 24.3 Å². The largest absolute Gasteiger partial charge is 0.454 e. The van der Waals surface area contributed by atoms with Gasteiger partial charge >= 0.3 is 23.9 Å². The second kappa shape index (κ2) is 7.19. The molecule has 8 bridgehead atoms. The van der Waals surface area contributed by atoms with Gasteiger partial charge in [0.1, 0.15) is 24.4 Å². The molecule has 40 heavy (non-hydrogen) atoms. The topological polar surface area (TPSA) is 153 Å². The van der Waals surface area contributed by atoms with E-state index in [1.165, 1.54) is 6.92 Å². The molecule has 3 unspecified atom stereocenters. The van der Waals surface area contributed by atoms with Crippen LogP contribution in [-0.4, -0.2) is 82.8 Å². The van der Waals surface area contributed by atoms with Crippen molar-refractivity contribution in [2.75, 3.05) is 0 Å². The number of carbonyl (C=O) groups is 4. The molecule has 0 amide bonds. The number of fused-ring (bicyclic) bond motifs is 4. The zero-order valence-corrected chi connectivity index (χ0v) is 23.7. The summed E-state index contributed by atoms with van der Waals surface area (Å²) in [6.45, 7) is 12.3. The number of hydrogen-bond acceptors (Lipinski definition) is 12. The third-order valence-electron chi connectivity index (χ3n) is 12.3. The van der Waals surface area contributed by atoms with Crippen LogP contribution in [0.3, 0.4) is 0 Å². The van der Waals surface area contributed by atoms with E-state index in [0.29, 0.717) is 12.8 Å². The van der Waals surface area contributed by atoms with Crippen LogP contribution >= 0.6 is 0 Å². The van der Waals surface area contributed by atoms with E-state index in [2.05, 4.69) is 0 Å². The van der Waals surface area contributed by atoms with Crippen LogP contribution in [0.5, 0.6) is 0 Å². The summed E-state index contributed by atoms with van der Waals surface area (Å²) in [6, 6.07) is 0. The second-order valence-electron chi connectivity index (χ2n) is 14.2. The SMILES string of the molecule is CC12OC3[C@@H](OC(=O)[C@@]45CC[C@@](C)(C(=O)O4)C5(C)C)[C@@H](O1)C(O)[C@@H](O2)[C@H]3OC(=O)[C@@]12CC[C@@](C)(C(=O)O1)C2(C)C. The lowest BCUT2D eigenvalue weighted by Crippen LogP contribution is -2.79. The number of rotatable bonds is 4. The number of hydrogen-bond donors (Lipinski definition) is 1. The molecule has 0 aromatic carbocycles. The molecule has 5 heterocycles. The lowest BCUT2D eigenvalue weighted by molar-refractivity contribution is -0.531. The molecule has 11 atom stereocenters. The molecule has 220 valence electrons. The van der Waals surface area contributed by atoms with Gasteiger partial charge in [0.25, 0.3) is 5.97 Å². The summed E-state index contributed by atoms with van der Waals surface area (Å²) in [4.78, 5) is 53.1. The highest BCUT2D eigenvalue weighted by molar-refractivity contribution is 5.94.